The van der Waals surface area contributed by atoms with Crippen LogP contribution in [0.4, 0.5) is 0 Å². The summed E-state index contributed by atoms with van der Waals surface area (Å²) >= 11 is 9.05. The monoisotopic (exact) mass is 264 g/mol. The summed E-state index contributed by atoms with van der Waals surface area (Å²) in [5.41, 5.74) is 0. The van der Waals surface area contributed by atoms with Crippen molar-refractivity contribution in [2.75, 3.05) is 13.7 Å². The van der Waals surface area contributed by atoms with Crippen molar-refractivity contribution in [3.05, 3.63) is 21.6 Å². The first-order valence-corrected chi connectivity index (χ1v) is 4.99. The normalized spacial score (nSPS) is 12.9. The maximum absolute atomic E-state index is 5.82. The van der Waals surface area contributed by atoms with Crippen LogP contribution in [0.15, 0.2) is 10.7 Å². The van der Waals surface area contributed by atoms with Crippen LogP contribution in [0.5, 0.6) is 0 Å². The van der Waals surface area contributed by atoms with Crippen molar-refractivity contribution in [1.82, 2.24) is 9.97 Å². The van der Waals surface area contributed by atoms with Gasteiger partial charge in [0, 0.05) is 19.2 Å². The predicted octanol–water partition coefficient (Wildman–Crippen LogP) is 2.64. The van der Waals surface area contributed by atoms with Crippen LogP contribution in [0, 0.1) is 0 Å². The fourth-order valence-corrected chi connectivity index (χ4v) is 1.25. The number of aromatic nitrogens is 2. The Kier molecular flexibility index (Phi) is 4.09. The minimum Gasteiger partial charge on any atom is -0.384 e. The fourth-order valence-electron chi connectivity index (χ4n) is 0.921. The minimum atomic E-state index is 0.163. The maximum Gasteiger partial charge on any atom is 0.146 e. The maximum atomic E-state index is 5.82. The van der Waals surface area contributed by atoms with Gasteiger partial charge in [-0.15, -0.1) is 0 Å². The molecule has 0 fully saturated rings. The Bertz CT molecular complexity index is 295. The van der Waals surface area contributed by atoms with Crippen LogP contribution in [0.3, 0.4) is 0 Å². The molecule has 1 aromatic rings. The number of methoxy groups -OCH3 is 1. The molecule has 1 unspecified atom stereocenters. The first-order valence-electron chi connectivity index (χ1n) is 3.82. The van der Waals surface area contributed by atoms with Crippen LogP contribution in [-0.2, 0) is 4.74 Å². The molecular formula is C8H10BrClN2O. The second kappa shape index (κ2) is 4.88. The molecule has 13 heavy (non-hydrogen) atoms. The number of hydrogen-bond donors (Lipinski definition) is 0. The summed E-state index contributed by atoms with van der Waals surface area (Å²) in [6.45, 7) is 2.58. The largest absolute Gasteiger partial charge is 0.384 e. The first kappa shape index (κ1) is 10.9. The third-order valence-electron chi connectivity index (χ3n) is 1.58. The quantitative estimate of drug-likeness (QED) is 0.788. The molecule has 0 aliphatic heterocycles. The average Bonchev–Trinajstić information content (AvgIpc) is 2.10. The minimum absolute atomic E-state index is 0.163. The lowest BCUT2D eigenvalue weighted by molar-refractivity contribution is 0.181. The molecule has 1 aromatic heterocycles. The van der Waals surface area contributed by atoms with E-state index in [1.807, 2.05) is 6.92 Å². The molecule has 0 spiro atoms. The van der Waals surface area contributed by atoms with Crippen molar-refractivity contribution in [3.8, 4) is 0 Å². The van der Waals surface area contributed by atoms with E-state index >= 15 is 0 Å². The van der Waals surface area contributed by atoms with Gasteiger partial charge in [0.05, 0.1) is 11.1 Å². The van der Waals surface area contributed by atoms with E-state index in [0.29, 0.717) is 22.1 Å². The van der Waals surface area contributed by atoms with E-state index in [4.69, 9.17) is 16.3 Å². The van der Waals surface area contributed by atoms with Gasteiger partial charge in [0.2, 0.25) is 0 Å². The van der Waals surface area contributed by atoms with E-state index in [0.717, 1.165) is 0 Å². The highest BCUT2D eigenvalue weighted by atomic mass is 79.9. The van der Waals surface area contributed by atoms with Gasteiger partial charge in [0.1, 0.15) is 11.0 Å². The van der Waals surface area contributed by atoms with Crippen molar-refractivity contribution >= 4 is 27.5 Å². The van der Waals surface area contributed by atoms with Crippen LogP contribution in [0.1, 0.15) is 18.7 Å². The highest BCUT2D eigenvalue weighted by Crippen LogP contribution is 2.20. The van der Waals surface area contributed by atoms with E-state index in [9.17, 15) is 0 Å². The van der Waals surface area contributed by atoms with Gasteiger partial charge in [0.15, 0.2) is 0 Å². The molecule has 0 aliphatic carbocycles. The summed E-state index contributed by atoms with van der Waals surface area (Å²) in [5.74, 6) is 0.866. The molecule has 72 valence electrons. The van der Waals surface area contributed by atoms with Crippen molar-refractivity contribution in [2.24, 2.45) is 0 Å². The predicted molar refractivity (Wildman–Crippen MR) is 55.0 cm³/mol. The zero-order valence-electron chi connectivity index (χ0n) is 7.42. The summed E-state index contributed by atoms with van der Waals surface area (Å²) < 4.78 is 5.70. The Hall–Kier alpha value is -0.190. The number of nitrogens with zero attached hydrogens (tertiary/aromatic N) is 2. The summed E-state index contributed by atoms with van der Waals surface area (Å²) in [6.07, 6.45) is 1.65. The molecule has 3 nitrogen and oxygen atoms in total. The van der Waals surface area contributed by atoms with Gasteiger partial charge in [0.25, 0.3) is 0 Å². The highest BCUT2D eigenvalue weighted by molar-refractivity contribution is 9.10. The van der Waals surface area contributed by atoms with Crippen molar-refractivity contribution in [1.29, 1.82) is 0 Å². The summed E-state index contributed by atoms with van der Waals surface area (Å²) in [5, 5.41) is 0.438. The molecule has 0 bridgehead atoms. The molecule has 1 heterocycles. The third-order valence-corrected chi connectivity index (χ3v) is 2.67. The lowest BCUT2D eigenvalue weighted by Crippen LogP contribution is -2.06. The van der Waals surface area contributed by atoms with Crippen LogP contribution in [-0.4, -0.2) is 23.7 Å². The second-order valence-corrected chi connectivity index (χ2v) is 3.94. The van der Waals surface area contributed by atoms with Gasteiger partial charge in [-0.3, -0.25) is 0 Å². The van der Waals surface area contributed by atoms with E-state index in [1.54, 1.807) is 13.3 Å². The Balaban J connectivity index is 2.84. The lowest BCUT2D eigenvalue weighted by Gasteiger charge is -2.08. The average molecular weight is 266 g/mol. The molecule has 0 aromatic carbocycles. The first-order chi connectivity index (χ1) is 6.15. The van der Waals surface area contributed by atoms with Crippen molar-refractivity contribution in [2.45, 2.75) is 12.8 Å². The molecule has 0 N–H and O–H groups in total. The van der Waals surface area contributed by atoms with E-state index in [1.165, 1.54) is 0 Å². The molecule has 1 atom stereocenters. The number of ether oxygens (including phenoxy) is 1. The van der Waals surface area contributed by atoms with E-state index in [2.05, 4.69) is 25.9 Å². The number of hydrogen-bond acceptors (Lipinski definition) is 3. The summed E-state index contributed by atoms with van der Waals surface area (Å²) in [7, 11) is 1.65. The number of halogens is 2. The Labute approximate surface area is 90.6 Å². The van der Waals surface area contributed by atoms with Crippen LogP contribution in [0.2, 0.25) is 5.15 Å². The topological polar surface area (TPSA) is 35.0 Å². The van der Waals surface area contributed by atoms with Gasteiger partial charge in [-0.1, -0.05) is 18.5 Å². The second-order valence-electron chi connectivity index (χ2n) is 2.72. The fraction of sp³-hybridized carbons (Fsp3) is 0.500. The molecule has 0 radical (unpaired) electrons. The zero-order chi connectivity index (χ0) is 9.84. The Morgan fingerprint density at radius 3 is 2.92 bits per heavy atom. The van der Waals surface area contributed by atoms with Gasteiger partial charge >= 0.3 is 0 Å². The Morgan fingerprint density at radius 2 is 2.38 bits per heavy atom. The molecule has 0 amide bonds. The summed E-state index contributed by atoms with van der Waals surface area (Å²) in [4.78, 5) is 8.25. The Morgan fingerprint density at radius 1 is 1.69 bits per heavy atom. The molecule has 5 heteroatoms. The van der Waals surface area contributed by atoms with Crippen LogP contribution < -0.4 is 0 Å². The molecular weight excluding hydrogens is 255 g/mol. The summed E-state index contributed by atoms with van der Waals surface area (Å²) in [6, 6.07) is 0. The molecule has 0 saturated heterocycles. The van der Waals surface area contributed by atoms with Gasteiger partial charge < -0.3 is 4.74 Å². The van der Waals surface area contributed by atoms with Gasteiger partial charge in [-0.25, -0.2) is 9.97 Å². The highest BCUT2D eigenvalue weighted by Gasteiger charge is 2.10. The van der Waals surface area contributed by atoms with Crippen molar-refractivity contribution in [3.63, 3.8) is 0 Å². The van der Waals surface area contributed by atoms with Crippen LogP contribution >= 0.6 is 27.5 Å². The number of rotatable bonds is 3. The molecule has 0 saturated carbocycles. The van der Waals surface area contributed by atoms with E-state index < -0.39 is 0 Å². The smallest absolute Gasteiger partial charge is 0.146 e. The molecule has 0 aliphatic rings. The standard InChI is InChI=1S/C8H10BrClN2O/c1-5(4-13-2)8-11-3-6(9)7(10)12-8/h3,5H,4H2,1-2H3. The van der Waals surface area contributed by atoms with Gasteiger partial charge in [-0.2, -0.15) is 0 Å². The van der Waals surface area contributed by atoms with Gasteiger partial charge in [-0.05, 0) is 15.9 Å². The lowest BCUT2D eigenvalue weighted by atomic mass is 10.2. The zero-order valence-corrected chi connectivity index (χ0v) is 9.76. The van der Waals surface area contributed by atoms with Crippen LogP contribution in [0.25, 0.3) is 0 Å². The SMILES string of the molecule is COCC(C)c1ncc(Br)c(Cl)n1. The van der Waals surface area contributed by atoms with Crippen molar-refractivity contribution < 1.29 is 4.74 Å². The van der Waals surface area contributed by atoms with E-state index in [-0.39, 0.29) is 5.92 Å². The molecule has 1 rings (SSSR count). The third kappa shape index (κ3) is 2.90.